The molecule has 0 aliphatic heterocycles. The first-order valence-electron chi connectivity index (χ1n) is 6.96. The van der Waals surface area contributed by atoms with Crippen molar-refractivity contribution in [2.24, 2.45) is 0 Å². The van der Waals surface area contributed by atoms with Crippen LogP contribution in [0.5, 0.6) is 5.75 Å². The van der Waals surface area contributed by atoms with Crippen molar-refractivity contribution in [3.05, 3.63) is 29.1 Å². The van der Waals surface area contributed by atoms with Crippen molar-refractivity contribution in [3.63, 3.8) is 0 Å². The monoisotopic (exact) mass is 283 g/mol. The standard InChI is InChI=1S/C16H26FNO2/c1-11-9-15(20-8-7-16(3,4)19-6)13(10-14(11)17)12(2)18-5/h9-10,12,18H,7-8H2,1-6H3. The minimum absolute atomic E-state index is 0.0375. The molecule has 1 atom stereocenters. The minimum Gasteiger partial charge on any atom is -0.493 e. The van der Waals surface area contributed by atoms with Gasteiger partial charge in [-0.3, -0.25) is 0 Å². The lowest BCUT2D eigenvalue weighted by Gasteiger charge is -2.24. The molecule has 0 aliphatic rings. The Bertz CT molecular complexity index is 446. The molecule has 0 aromatic heterocycles. The number of benzene rings is 1. The minimum atomic E-state index is -0.218. The molecule has 0 saturated heterocycles. The molecule has 3 nitrogen and oxygen atoms in total. The lowest BCUT2D eigenvalue weighted by atomic mass is 10.0. The summed E-state index contributed by atoms with van der Waals surface area (Å²) >= 11 is 0. The molecule has 4 heteroatoms. The van der Waals surface area contributed by atoms with Gasteiger partial charge in [-0.15, -0.1) is 0 Å². The number of methoxy groups -OCH3 is 1. The van der Waals surface area contributed by atoms with Crippen LogP contribution in [0.1, 0.15) is 44.4 Å². The van der Waals surface area contributed by atoms with Crippen LogP contribution < -0.4 is 10.1 Å². The van der Waals surface area contributed by atoms with E-state index in [1.54, 1.807) is 26.2 Å². The zero-order valence-electron chi connectivity index (χ0n) is 13.3. The molecule has 1 rings (SSSR count). The van der Waals surface area contributed by atoms with Gasteiger partial charge in [0.1, 0.15) is 11.6 Å². The zero-order chi connectivity index (χ0) is 15.3. The van der Waals surface area contributed by atoms with Crippen molar-refractivity contribution in [1.82, 2.24) is 5.32 Å². The fourth-order valence-electron chi connectivity index (χ4n) is 1.80. The van der Waals surface area contributed by atoms with Crippen molar-refractivity contribution >= 4 is 0 Å². The largest absolute Gasteiger partial charge is 0.493 e. The van der Waals surface area contributed by atoms with Crippen LogP contribution in [0.4, 0.5) is 4.39 Å². The van der Waals surface area contributed by atoms with Crippen LogP contribution in [0.15, 0.2) is 12.1 Å². The fourth-order valence-corrected chi connectivity index (χ4v) is 1.80. The van der Waals surface area contributed by atoms with Crippen LogP contribution in [0.3, 0.4) is 0 Å². The van der Waals surface area contributed by atoms with Crippen LogP contribution >= 0.6 is 0 Å². The van der Waals surface area contributed by atoms with Crippen LogP contribution in [0, 0.1) is 12.7 Å². The second-order valence-electron chi connectivity index (χ2n) is 5.71. The summed E-state index contributed by atoms with van der Waals surface area (Å²) in [6.07, 6.45) is 0.771. The molecule has 0 spiro atoms. The van der Waals surface area contributed by atoms with Crippen LogP contribution in [-0.2, 0) is 4.74 Å². The lowest BCUT2D eigenvalue weighted by Crippen LogP contribution is -2.25. The molecule has 0 saturated carbocycles. The summed E-state index contributed by atoms with van der Waals surface area (Å²) in [5, 5.41) is 3.11. The highest BCUT2D eigenvalue weighted by atomic mass is 19.1. The van der Waals surface area contributed by atoms with E-state index in [-0.39, 0.29) is 17.5 Å². The third-order valence-electron chi connectivity index (χ3n) is 3.70. The van der Waals surface area contributed by atoms with Crippen molar-refractivity contribution in [3.8, 4) is 5.75 Å². The van der Waals surface area contributed by atoms with Crippen molar-refractivity contribution < 1.29 is 13.9 Å². The third kappa shape index (κ3) is 4.46. The van der Waals surface area contributed by atoms with Crippen LogP contribution in [0.2, 0.25) is 0 Å². The highest BCUT2D eigenvalue weighted by Crippen LogP contribution is 2.28. The Labute approximate surface area is 121 Å². The van der Waals surface area contributed by atoms with Crippen LogP contribution in [0.25, 0.3) is 0 Å². The summed E-state index contributed by atoms with van der Waals surface area (Å²) in [6.45, 7) is 8.30. The molecular weight excluding hydrogens is 257 g/mol. The van der Waals surface area contributed by atoms with Gasteiger partial charge < -0.3 is 14.8 Å². The van der Waals surface area contributed by atoms with Gasteiger partial charge in [-0.05, 0) is 52.4 Å². The van der Waals surface area contributed by atoms with E-state index in [4.69, 9.17) is 9.47 Å². The van der Waals surface area contributed by atoms with Crippen LogP contribution in [-0.4, -0.2) is 26.4 Å². The van der Waals surface area contributed by atoms with Crippen molar-refractivity contribution in [2.45, 2.75) is 45.8 Å². The fraction of sp³-hybridized carbons (Fsp3) is 0.625. The SMILES string of the molecule is CNC(C)c1cc(F)c(C)cc1OCCC(C)(C)OC. The summed E-state index contributed by atoms with van der Waals surface area (Å²) in [4.78, 5) is 0. The number of halogens is 1. The summed E-state index contributed by atoms with van der Waals surface area (Å²) in [7, 11) is 3.54. The smallest absolute Gasteiger partial charge is 0.126 e. The topological polar surface area (TPSA) is 30.5 Å². The molecule has 1 N–H and O–H groups in total. The first kappa shape index (κ1) is 16.9. The van der Waals surface area contributed by atoms with Crippen molar-refractivity contribution in [2.75, 3.05) is 20.8 Å². The summed E-state index contributed by atoms with van der Waals surface area (Å²) < 4.78 is 24.9. The number of nitrogens with one attached hydrogen (secondary N) is 1. The molecule has 1 aromatic carbocycles. The molecule has 20 heavy (non-hydrogen) atoms. The summed E-state index contributed by atoms with van der Waals surface area (Å²) in [6, 6.07) is 3.35. The Morgan fingerprint density at radius 1 is 1.35 bits per heavy atom. The van der Waals surface area contributed by atoms with E-state index < -0.39 is 0 Å². The van der Waals surface area contributed by atoms with E-state index in [1.165, 1.54) is 0 Å². The number of ether oxygens (including phenoxy) is 2. The molecule has 0 radical (unpaired) electrons. The van der Waals surface area contributed by atoms with Gasteiger partial charge in [0.2, 0.25) is 0 Å². The molecular formula is C16H26FNO2. The van der Waals surface area contributed by atoms with Gasteiger partial charge in [-0.2, -0.15) is 0 Å². The van der Waals surface area contributed by atoms with Gasteiger partial charge in [-0.25, -0.2) is 4.39 Å². The average Bonchev–Trinajstić information content (AvgIpc) is 2.41. The van der Waals surface area contributed by atoms with Crippen molar-refractivity contribution in [1.29, 1.82) is 0 Å². The highest BCUT2D eigenvalue weighted by molar-refractivity contribution is 5.40. The Morgan fingerprint density at radius 2 is 2.00 bits per heavy atom. The summed E-state index contributed by atoms with van der Waals surface area (Å²) in [5.74, 6) is 0.532. The Hall–Kier alpha value is -1.13. The number of hydrogen-bond donors (Lipinski definition) is 1. The number of hydrogen-bond acceptors (Lipinski definition) is 3. The second-order valence-corrected chi connectivity index (χ2v) is 5.71. The maximum absolute atomic E-state index is 13.7. The van der Waals surface area contributed by atoms with Gasteiger partial charge in [0.15, 0.2) is 0 Å². The zero-order valence-corrected chi connectivity index (χ0v) is 13.3. The predicted octanol–water partition coefficient (Wildman–Crippen LogP) is 3.61. The Kier molecular flexibility index (Phi) is 5.96. The van der Waals surface area contributed by atoms with E-state index in [0.29, 0.717) is 12.2 Å². The first-order chi connectivity index (χ1) is 9.30. The van der Waals surface area contributed by atoms with Gasteiger partial charge in [0.25, 0.3) is 0 Å². The highest BCUT2D eigenvalue weighted by Gasteiger charge is 2.18. The van der Waals surface area contributed by atoms with E-state index in [2.05, 4.69) is 5.32 Å². The average molecular weight is 283 g/mol. The normalized spacial score (nSPS) is 13.3. The number of rotatable bonds is 7. The Morgan fingerprint density at radius 3 is 2.55 bits per heavy atom. The van der Waals surface area contributed by atoms with Gasteiger partial charge >= 0.3 is 0 Å². The van der Waals surface area contributed by atoms with E-state index in [0.717, 1.165) is 17.7 Å². The summed E-state index contributed by atoms with van der Waals surface area (Å²) in [5.41, 5.74) is 1.22. The van der Waals surface area contributed by atoms with Gasteiger partial charge in [-0.1, -0.05) is 0 Å². The molecule has 0 fully saturated rings. The quantitative estimate of drug-likeness (QED) is 0.829. The molecule has 0 amide bonds. The molecule has 1 unspecified atom stereocenters. The molecule has 0 bridgehead atoms. The molecule has 0 aliphatic carbocycles. The first-order valence-corrected chi connectivity index (χ1v) is 6.96. The number of aryl methyl sites for hydroxylation is 1. The van der Waals surface area contributed by atoms with E-state index in [9.17, 15) is 4.39 Å². The predicted molar refractivity (Wildman–Crippen MR) is 79.8 cm³/mol. The van der Waals surface area contributed by atoms with Gasteiger partial charge in [0, 0.05) is 25.1 Å². The van der Waals surface area contributed by atoms with Gasteiger partial charge in [0.05, 0.1) is 12.2 Å². The Balaban J connectivity index is 2.85. The molecule has 114 valence electrons. The third-order valence-corrected chi connectivity index (χ3v) is 3.70. The lowest BCUT2D eigenvalue weighted by molar-refractivity contribution is 0.00534. The second kappa shape index (κ2) is 7.04. The molecule has 0 heterocycles. The van der Waals surface area contributed by atoms with E-state index >= 15 is 0 Å². The maximum Gasteiger partial charge on any atom is 0.126 e. The molecule has 1 aromatic rings. The van der Waals surface area contributed by atoms with E-state index in [1.807, 2.05) is 27.8 Å². The maximum atomic E-state index is 13.7.